The number of alkyl halides is 2. The number of pyridine rings is 1. The van der Waals surface area contributed by atoms with Gasteiger partial charge in [0, 0.05) is 29.4 Å². The van der Waals surface area contributed by atoms with Gasteiger partial charge >= 0.3 is 6.61 Å². The van der Waals surface area contributed by atoms with E-state index < -0.39 is 6.61 Å². The first-order valence-corrected chi connectivity index (χ1v) is 9.06. The monoisotopic (exact) mass is 364 g/mol. The second-order valence-corrected chi connectivity index (χ2v) is 7.64. The molecule has 1 fully saturated rings. The lowest BCUT2D eigenvalue weighted by Crippen LogP contribution is -2.13. The van der Waals surface area contributed by atoms with Crippen LogP contribution in [0.5, 0.6) is 5.75 Å². The molecule has 0 radical (unpaired) electrons. The number of nitrogens with two attached hydrogens (primary N) is 1. The fourth-order valence-corrected chi connectivity index (χ4v) is 4.00. The van der Waals surface area contributed by atoms with Crippen LogP contribution in [-0.2, 0) is 0 Å². The highest BCUT2D eigenvalue weighted by Crippen LogP contribution is 2.44. The number of nitrogens with zero attached hydrogens (tertiary/aromatic N) is 3. The van der Waals surface area contributed by atoms with Gasteiger partial charge in [-0.1, -0.05) is 13.8 Å². The zero-order chi connectivity index (χ0) is 19.0. The highest BCUT2D eigenvalue weighted by molar-refractivity contribution is 5.64. The van der Waals surface area contributed by atoms with Crippen LogP contribution in [-0.4, -0.2) is 21.4 Å². The topological polar surface area (TPSA) is 66.0 Å². The van der Waals surface area contributed by atoms with Crippen molar-refractivity contribution in [2.75, 3.05) is 5.73 Å². The summed E-state index contributed by atoms with van der Waals surface area (Å²) in [5.74, 6) is 1.55. The zero-order valence-corrected chi connectivity index (χ0v) is 15.6. The molecule has 2 aromatic heterocycles. The van der Waals surface area contributed by atoms with E-state index in [0.29, 0.717) is 29.0 Å². The minimum atomic E-state index is -2.95. The smallest absolute Gasteiger partial charge is 0.387 e. The van der Waals surface area contributed by atoms with Crippen molar-refractivity contribution in [3.8, 4) is 17.0 Å². The van der Waals surface area contributed by atoms with Crippen molar-refractivity contribution in [2.24, 2.45) is 11.8 Å². The molecule has 0 saturated heterocycles. The fraction of sp³-hybridized carbons (Fsp3) is 0.579. The van der Waals surface area contributed by atoms with Gasteiger partial charge in [0.25, 0.3) is 0 Å². The fourth-order valence-electron chi connectivity index (χ4n) is 4.00. The van der Waals surface area contributed by atoms with Crippen LogP contribution in [0.3, 0.4) is 0 Å². The molecule has 0 bridgehead atoms. The zero-order valence-electron chi connectivity index (χ0n) is 15.6. The molecule has 1 aliphatic rings. The van der Waals surface area contributed by atoms with Gasteiger partial charge in [0.15, 0.2) is 11.6 Å². The first-order valence-electron chi connectivity index (χ1n) is 9.06. The molecule has 0 amide bonds. The van der Waals surface area contributed by atoms with Gasteiger partial charge in [-0.05, 0) is 50.7 Å². The first-order chi connectivity index (χ1) is 12.3. The molecule has 26 heavy (non-hydrogen) atoms. The van der Waals surface area contributed by atoms with Crippen molar-refractivity contribution in [1.29, 1.82) is 0 Å². The molecule has 0 aliphatic heterocycles. The van der Waals surface area contributed by atoms with Crippen LogP contribution < -0.4 is 10.5 Å². The third kappa shape index (κ3) is 3.66. The molecule has 142 valence electrons. The Kier molecular flexibility index (Phi) is 5.16. The predicted octanol–water partition coefficient (Wildman–Crippen LogP) is 4.86. The van der Waals surface area contributed by atoms with E-state index in [2.05, 4.69) is 43.5 Å². The van der Waals surface area contributed by atoms with Gasteiger partial charge in [-0.25, -0.2) is 4.98 Å². The number of nitrogen functional groups attached to an aromatic ring is 1. The normalized spacial score (nSPS) is 23.2. The van der Waals surface area contributed by atoms with Gasteiger partial charge in [0.2, 0.25) is 0 Å². The Balaban J connectivity index is 2.00. The standard InChI is InChI=1S/C19H26F2N4O/c1-10(2)25-16(14-6-11(3)5-12(14)4)8-15(24-25)13-7-17(26-19(20)21)18(22)23-9-13/h7-12,14,19H,5-6H2,1-4H3,(H2,22,23)/t11-,12?,14-/m1/s1. The maximum Gasteiger partial charge on any atom is 0.387 e. The van der Waals surface area contributed by atoms with E-state index in [4.69, 9.17) is 10.8 Å². The van der Waals surface area contributed by atoms with Gasteiger partial charge in [-0.2, -0.15) is 13.9 Å². The summed E-state index contributed by atoms with van der Waals surface area (Å²) < 4.78 is 31.6. The minimum Gasteiger partial charge on any atom is -0.431 e. The van der Waals surface area contributed by atoms with Crippen molar-refractivity contribution >= 4 is 5.82 Å². The Morgan fingerprint density at radius 2 is 1.96 bits per heavy atom. The van der Waals surface area contributed by atoms with Gasteiger partial charge in [-0.15, -0.1) is 0 Å². The van der Waals surface area contributed by atoms with Crippen LogP contribution >= 0.6 is 0 Å². The quantitative estimate of drug-likeness (QED) is 0.823. The molecular formula is C19H26F2N4O. The maximum absolute atomic E-state index is 12.6. The van der Waals surface area contributed by atoms with Crippen molar-refractivity contribution in [3.05, 3.63) is 24.0 Å². The molecular weight excluding hydrogens is 338 g/mol. The Morgan fingerprint density at radius 1 is 1.23 bits per heavy atom. The third-order valence-electron chi connectivity index (χ3n) is 5.14. The first kappa shape index (κ1) is 18.6. The van der Waals surface area contributed by atoms with Crippen molar-refractivity contribution < 1.29 is 13.5 Å². The number of halogens is 2. The summed E-state index contributed by atoms with van der Waals surface area (Å²) in [4.78, 5) is 3.99. The summed E-state index contributed by atoms with van der Waals surface area (Å²) in [6, 6.07) is 3.74. The molecule has 3 rings (SSSR count). The molecule has 1 saturated carbocycles. The summed E-state index contributed by atoms with van der Waals surface area (Å²) in [7, 11) is 0. The molecule has 2 N–H and O–H groups in total. The van der Waals surface area contributed by atoms with Gasteiger partial charge < -0.3 is 10.5 Å². The summed E-state index contributed by atoms with van der Waals surface area (Å²) in [5, 5.41) is 4.73. The number of rotatable bonds is 5. The van der Waals surface area contributed by atoms with Crippen LogP contribution in [0.15, 0.2) is 18.3 Å². The van der Waals surface area contributed by atoms with Crippen molar-refractivity contribution in [1.82, 2.24) is 14.8 Å². The highest BCUT2D eigenvalue weighted by Gasteiger charge is 2.33. The summed E-state index contributed by atoms with van der Waals surface area (Å²) in [5.41, 5.74) is 8.15. The maximum atomic E-state index is 12.6. The second kappa shape index (κ2) is 7.21. The van der Waals surface area contributed by atoms with E-state index in [0.717, 1.165) is 6.42 Å². The summed E-state index contributed by atoms with van der Waals surface area (Å²) in [6.45, 7) is 5.81. The minimum absolute atomic E-state index is 0.0594. The number of hydrogen-bond donors (Lipinski definition) is 1. The second-order valence-electron chi connectivity index (χ2n) is 7.64. The van der Waals surface area contributed by atoms with Gasteiger partial charge in [-0.3, -0.25) is 4.68 Å². The Morgan fingerprint density at radius 3 is 2.54 bits per heavy atom. The Hall–Kier alpha value is -2.18. The molecule has 0 aromatic carbocycles. The van der Waals surface area contributed by atoms with E-state index in [9.17, 15) is 8.78 Å². The summed E-state index contributed by atoms with van der Waals surface area (Å²) in [6.07, 6.45) is 3.89. The molecule has 1 unspecified atom stereocenters. The van der Waals surface area contributed by atoms with E-state index in [-0.39, 0.29) is 17.6 Å². The largest absolute Gasteiger partial charge is 0.431 e. The number of anilines is 1. The van der Waals surface area contributed by atoms with Crippen LogP contribution in [0.25, 0.3) is 11.3 Å². The SMILES string of the molecule is CC1C[C@@H](C)C[C@H]1c1cc(-c2cnc(N)c(OC(F)F)c2)nn1C(C)C. The van der Waals surface area contributed by atoms with Gasteiger partial charge in [0.05, 0.1) is 5.69 Å². The van der Waals surface area contributed by atoms with Crippen molar-refractivity contribution in [3.63, 3.8) is 0 Å². The Labute approximate surface area is 152 Å². The molecule has 2 aromatic rings. The highest BCUT2D eigenvalue weighted by atomic mass is 19.3. The molecule has 3 atom stereocenters. The van der Waals surface area contributed by atoms with E-state index >= 15 is 0 Å². The number of ether oxygens (including phenoxy) is 1. The Bertz CT molecular complexity index is 775. The molecule has 5 nitrogen and oxygen atoms in total. The summed E-state index contributed by atoms with van der Waals surface area (Å²) >= 11 is 0. The third-order valence-corrected chi connectivity index (χ3v) is 5.14. The van der Waals surface area contributed by atoms with Crippen LogP contribution in [0.4, 0.5) is 14.6 Å². The molecule has 7 heteroatoms. The average Bonchev–Trinajstić information content (AvgIpc) is 3.12. The van der Waals surface area contributed by atoms with Crippen molar-refractivity contribution in [2.45, 2.75) is 59.1 Å². The number of aromatic nitrogens is 3. The predicted molar refractivity (Wildman–Crippen MR) is 97.2 cm³/mol. The lowest BCUT2D eigenvalue weighted by molar-refractivity contribution is -0.0494. The lowest BCUT2D eigenvalue weighted by atomic mass is 9.93. The van der Waals surface area contributed by atoms with Gasteiger partial charge in [0.1, 0.15) is 0 Å². The number of hydrogen-bond acceptors (Lipinski definition) is 4. The van der Waals surface area contributed by atoms with Crippen LogP contribution in [0.1, 0.15) is 58.2 Å². The van der Waals surface area contributed by atoms with E-state index in [1.165, 1.54) is 18.2 Å². The van der Waals surface area contributed by atoms with Crippen LogP contribution in [0.2, 0.25) is 0 Å². The van der Waals surface area contributed by atoms with E-state index in [1.807, 2.05) is 4.68 Å². The molecule has 1 aliphatic carbocycles. The molecule has 0 spiro atoms. The molecule has 2 heterocycles. The van der Waals surface area contributed by atoms with Crippen LogP contribution in [0, 0.1) is 11.8 Å². The average molecular weight is 364 g/mol. The van der Waals surface area contributed by atoms with E-state index in [1.54, 1.807) is 6.20 Å². The lowest BCUT2D eigenvalue weighted by Gasteiger charge is -2.19.